The van der Waals surface area contributed by atoms with E-state index in [1.54, 1.807) is 21.3 Å². The van der Waals surface area contributed by atoms with Crippen molar-refractivity contribution in [3.05, 3.63) is 82.9 Å². The van der Waals surface area contributed by atoms with Crippen LogP contribution in [0.5, 0.6) is 17.2 Å². The summed E-state index contributed by atoms with van der Waals surface area (Å²) in [5, 5.41) is 0. The Hall–Kier alpha value is -3.47. The zero-order chi connectivity index (χ0) is 21.3. The van der Waals surface area contributed by atoms with Crippen LogP contribution in [0.4, 0.5) is 5.69 Å². The van der Waals surface area contributed by atoms with Crippen molar-refractivity contribution in [1.29, 1.82) is 0 Å². The standard InChI is InChI=1S/C25H25NO4/c1-16-5-9-19(10-6-16)26-24(27)14-18-13-22(29-3)23(30-4)15-21(18)25(26)17-7-11-20(28-2)12-8-17/h5-13,15,25H,14H2,1-4H3/t25-/m0/s1. The molecule has 0 saturated heterocycles. The smallest absolute Gasteiger partial charge is 0.232 e. The third-order valence-corrected chi connectivity index (χ3v) is 5.55. The van der Waals surface area contributed by atoms with Crippen molar-refractivity contribution in [1.82, 2.24) is 0 Å². The SMILES string of the molecule is COc1ccc([C@H]2c3cc(OC)c(OC)cc3CC(=O)N2c2ccc(C)cc2)cc1. The minimum Gasteiger partial charge on any atom is -0.497 e. The monoisotopic (exact) mass is 403 g/mol. The van der Waals surface area contributed by atoms with E-state index >= 15 is 0 Å². The van der Waals surface area contributed by atoms with Gasteiger partial charge in [-0.1, -0.05) is 29.8 Å². The molecule has 1 aliphatic rings. The van der Waals surface area contributed by atoms with E-state index in [1.165, 1.54) is 0 Å². The Balaban J connectivity index is 1.92. The number of hydrogen-bond acceptors (Lipinski definition) is 4. The lowest BCUT2D eigenvalue weighted by Crippen LogP contribution is -2.41. The van der Waals surface area contributed by atoms with Crippen LogP contribution >= 0.6 is 0 Å². The first-order chi connectivity index (χ1) is 14.5. The number of hydrogen-bond donors (Lipinski definition) is 0. The summed E-state index contributed by atoms with van der Waals surface area (Å²) < 4.78 is 16.3. The molecular formula is C25H25NO4. The average molecular weight is 403 g/mol. The van der Waals surface area contributed by atoms with Crippen LogP contribution < -0.4 is 19.1 Å². The van der Waals surface area contributed by atoms with Gasteiger partial charge in [0, 0.05) is 5.69 Å². The quantitative estimate of drug-likeness (QED) is 0.620. The number of ether oxygens (including phenoxy) is 3. The molecule has 0 unspecified atom stereocenters. The van der Waals surface area contributed by atoms with Gasteiger partial charge < -0.3 is 19.1 Å². The molecule has 154 valence electrons. The molecule has 3 aromatic carbocycles. The Morgan fingerprint density at radius 1 is 0.833 bits per heavy atom. The highest BCUT2D eigenvalue weighted by molar-refractivity contribution is 5.98. The van der Waals surface area contributed by atoms with Gasteiger partial charge in [-0.2, -0.15) is 0 Å². The zero-order valence-corrected chi connectivity index (χ0v) is 17.6. The summed E-state index contributed by atoms with van der Waals surface area (Å²) in [6, 6.07) is 19.5. The maximum absolute atomic E-state index is 13.3. The fourth-order valence-electron chi connectivity index (χ4n) is 3.99. The van der Waals surface area contributed by atoms with Crippen LogP contribution in [-0.2, 0) is 11.2 Å². The highest BCUT2D eigenvalue weighted by Crippen LogP contribution is 2.43. The number of carbonyl (C=O) groups is 1. The molecule has 5 nitrogen and oxygen atoms in total. The second-order valence-corrected chi connectivity index (χ2v) is 7.36. The molecule has 1 heterocycles. The summed E-state index contributed by atoms with van der Waals surface area (Å²) in [6.07, 6.45) is 0.302. The number of carbonyl (C=O) groups excluding carboxylic acids is 1. The van der Waals surface area contributed by atoms with Crippen molar-refractivity contribution in [2.24, 2.45) is 0 Å². The minimum absolute atomic E-state index is 0.0411. The molecule has 0 radical (unpaired) electrons. The Bertz CT molecular complexity index is 1060. The fourth-order valence-corrected chi connectivity index (χ4v) is 3.99. The molecule has 1 atom stereocenters. The first kappa shape index (κ1) is 19.8. The summed E-state index contributed by atoms with van der Waals surface area (Å²) in [7, 11) is 4.87. The molecule has 0 fully saturated rings. The molecular weight excluding hydrogens is 378 g/mol. The predicted molar refractivity (Wildman–Crippen MR) is 117 cm³/mol. The summed E-state index contributed by atoms with van der Waals surface area (Å²) in [5.41, 5.74) is 4.99. The summed E-state index contributed by atoms with van der Waals surface area (Å²) in [4.78, 5) is 15.2. The molecule has 0 aromatic heterocycles. The number of anilines is 1. The largest absolute Gasteiger partial charge is 0.497 e. The van der Waals surface area contributed by atoms with Gasteiger partial charge in [0.05, 0.1) is 33.8 Å². The number of benzene rings is 3. The van der Waals surface area contributed by atoms with Gasteiger partial charge in [-0.15, -0.1) is 0 Å². The van der Waals surface area contributed by atoms with Crippen molar-refractivity contribution in [2.45, 2.75) is 19.4 Å². The highest BCUT2D eigenvalue weighted by Gasteiger charge is 2.35. The fraction of sp³-hybridized carbons (Fsp3) is 0.240. The van der Waals surface area contributed by atoms with E-state index in [-0.39, 0.29) is 11.9 Å². The Morgan fingerprint density at radius 2 is 1.47 bits per heavy atom. The lowest BCUT2D eigenvalue weighted by molar-refractivity contribution is -0.118. The molecule has 0 bridgehead atoms. The molecule has 0 aliphatic carbocycles. The van der Waals surface area contributed by atoms with Crippen LogP contribution in [0.2, 0.25) is 0 Å². The normalized spacial score (nSPS) is 15.5. The van der Waals surface area contributed by atoms with Gasteiger partial charge >= 0.3 is 0 Å². The number of rotatable bonds is 5. The van der Waals surface area contributed by atoms with E-state index in [9.17, 15) is 4.79 Å². The van der Waals surface area contributed by atoms with Gasteiger partial charge in [-0.3, -0.25) is 4.79 Å². The maximum atomic E-state index is 13.3. The summed E-state index contributed by atoms with van der Waals surface area (Å²) >= 11 is 0. The molecule has 1 aliphatic heterocycles. The molecule has 3 aromatic rings. The van der Waals surface area contributed by atoms with E-state index in [0.29, 0.717) is 17.9 Å². The highest BCUT2D eigenvalue weighted by atomic mass is 16.5. The predicted octanol–water partition coefficient (Wildman–Crippen LogP) is 4.70. The zero-order valence-electron chi connectivity index (χ0n) is 17.6. The second-order valence-electron chi connectivity index (χ2n) is 7.36. The van der Waals surface area contributed by atoms with Crippen LogP contribution in [0.15, 0.2) is 60.7 Å². The maximum Gasteiger partial charge on any atom is 0.232 e. The van der Waals surface area contributed by atoms with Crippen LogP contribution in [0, 0.1) is 6.92 Å². The van der Waals surface area contributed by atoms with Gasteiger partial charge in [0.1, 0.15) is 5.75 Å². The topological polar surface area (TPSA) is 48.0 Å². The lowest BCUT2D eigenvalue weighted by Gasteiger charge is -2.38. The summed E-state index contributed by atoms with van der Waals surface area (Å²) in [6.45, 7) is 2.04. The number of amides is 1. The Kier molecular flexibility index (Phi) is 5.36. The van der Waals surface area contributed by atoms with Gasteiger partial charge in [-0.25, -0.2) is 0 Å². The number of nitrogens with zero attached hydrogens (tertiary/aromatic N) is 1. The van der Waals surface area contributed by atoms with E-state index < -0.39 is 0 Å². The third-order valence-electron chi connectivity index (χ3n) is 5.55. The molecule has 4 rings (SSSR count). The third kappa shape index (κ3) is 3.47. The molecule has 1 amide bonds. The van der Waals surface area contributed by atoms with Gasteiger partial charge in [0.25, 0.3) is 0 Å². The van der Waals surface area contributed by atoms with Crippen molar-refractivity contribution < 1.29 is 19.0 Å². The van der Waals surface area contributed by atoms with Gasteiger partial charge in [0.2, 0.25) is 5.91 Å². The van der Waals surface area contributed by atoms with Gasteiger partial charge in [0.15, 0.2) is 11.5 Å². The van der Waals surface area contributed by atoms with E-state index in [4.69, 9.17) is 14.2 Å². The number of aryl methyl sites for hydroxylation is 1. The molecule has 30 heavy (non-hydrogen) atoms. The minimum atomic E-state index is -0.283. The Morgan fingerprint density at radius 3 is 2.07 bits per heavy atom. The molecule has 0 N–H and O–H groups in total. The molecule has 0 spiro atoms. The van der Waals surface area contributed by atoms with E-state index in [2.05, 4.69) is 0 Å². The van der Waals surface area contributed by atoms with Crippen LogP contribution in [-0.4, -0.2) is 27.2 Å². The molecule has 0 saturated carbocycles. The first-order valence-electron chi connectivity index (χ1n) is 9.83. The number of methoxy groups -OCH3 is 3. The van der Waals surface area contributed by atoms with E-state index in [0.717, 1.165) is 33.7 Å². The van der Waals surface area contributed by atoms with Crippen LogP contribution in [0.25, 0.3) is 0 Å². The van der Waals surface area contributed by atoms with Crippen molar-refractivity contribution in [2.75, 3.05) is 26.2 Å². The van der Waals surface area contributed by atoms with Crippen LogP contribution in [0.1, 0.15) is 28.3 Å². The Labute approximate surface area is 176 Å². The van der Waals surface area contributed by atoms with E-state index in [1.807, 2.05) is 72.5 Å². The van der Waals surface area contributed by atoms with Crippen LogP contribution in [0.3, 0.4) is 0 Å². The first-order valence-corrected chi connectivity index (χ1v) is 9.83. The van der Waals surface area contributed by atoms with Crippen molar-refractivity contribution >= 4 is 11.6 Å². The van der Waals surface area contributed by atoms with Crippen molar-refractivity contribution in [3.63, 3.8) is 0 Å². The van der Waals surface area contributed by atoms with Crippen molar-refractivity contribution in [3.8, 4) is 17.2 Å². The summed E-state index contributed by atoms with van der Waals surface area (Å²) in [5.74, 6) is 2.09. The lowest BCUT2D eigenvalue weighted by atomic mass is 9.86. The van der Waals surface area contributed by atoms with Gasteiger partial charge in [-0.05, 0) is 60.0 Å². The average Bonchev–Trinajstić information content (AvgIpc) is 2.78. The second kappa shape index (κ2) is 8.11. The molecule has 5 heteroatoms. The number of fused-ring (bicyclic) bond motifs is 1.